The predicted octanol–water partition coefficient (Wildman–Crippen LogP) is -2.25. The molecule has 2 rings (SSSR count). The Hall–Kier alpha value is 0.214. The molecule has 0 aromatic carbocycles. The zero-order valence-corrected chi connectivity index (χ0v) is 14.5. The van der Waals surface area contributed by atoms with Crippen LogP contribution in [0.15, 0.2) is 41.5 Å². The maximum absolute atomic E-state index is 6.03. The van der Waals surface area contributed by atoms with E-state index >= 15 is 0 Å². The molecule has 2 aliphatic rings. The second kappa shape index (κ2) is 10.0. The fraction of sp³-hybridized carbons (Fsp3) is 0.467. The van der Waals surface area contributed by atoms with E-state index in [0.29, 0.717) is 0 Å². The minimum Gasteiger partial charge on any atom is -1.00 e. The maximum Gasteiger partial charge on any atom is 3.00 e. The number of rotatable bonds is 4. The van der Waals surface area contributed by atoms with Gasteiger partial charge in [0.2, 0.25) is 0 Å². The summed E-state index contributed by atoms with van der Waals surface area (Å²) in [4.78, 5) is 0. The van der Waals surface area contributed by atoms with Crippen molar-refractivity contribution in [1.82, 2.24) is 0 Å². The zero-order valence-electron chi connectivity index (χ0n) is 11.4. The SMILES string of the molecule is CCOC1(CC2=[C-]CC=C2)CC=CC=C1C.[Cl-].[Cl-].[Ti+3]. The molecule has 0 aromatic rings. The van der Waals surface area contributed by atoms with Crippen LogP contribution in [-0.4, -0.2) is 12.2 Å². The Morgan fingerprint density at radius 2 is 2.05 bits per heavy atom. The Bertz CT molecular complexity index is 386. The molecule has 103 valence electrons. The summed E-state index contributed by atoms with van der Waals surface area (Å²) in [5.74, 6) is 0. The summed E-state index contributed by atoms with van der Waals surface area (Å²) in [5.41, 5.74) is 2.49. The van der Waals surface area contributed by atoms with Gasteiger partial charge in [-0.3, -0.25) is 6.08 Å². The van der Waals surface area contributed by atoms with E-state index < -0.39 is 0 Å². The quantitative estimate of drug-likeness (QED) is 0.417. The minimum atomic E-state index is -0.124. The molecule has 0 fully saturated rings. The van der Waals surface area contributed by atoms with Gasteiger partial charge in [-0.25, -0.2) is 11.6 Å². The summed E-state index contributed by atoms with van der Waals surface area (Å²) in [6.45, 7) is 4.99. The van der Waals surface area contributed by atoms with Gasteiger partial charge in [-0.05, 0) is 32.3 Å². The Labute approximate surface area is 144 Å². The van der Waals surface area contributed by atoms with E-state index in [1.165, 1.54) is 11.1 Å². The van der Waals surface area contributed by atoms with E-state index in [2.05, 4.69) is 50.3 Å². The first-order valence-electron chi connectivity index (χ1n) is 6.01. The first-order chi connectivity index (χ1) is 7.77. The van der Waals surface area contributed by atoms with Crippen LogP contribution in [0, 0.1) is 6.08 Å². The summed E-state index contributed by atoms with van der Waals surface area (Å²) < 4.78 is 6.03. The normalized spacial score (nSPS) is 23.7. The van der Waals surface area contributed by atoms with Crippen LogP contribution in [0.25, 0.3) is 0 Å². The van der Waals surface area contributed by atoms with Gasteiger partial charge in [-0.15, -0.1) is 6.42 Å². The van der Waals surface area contributed by atoms with Crippen molar-refractivity contribution >= 4 is 0 Å². The molecule has 2 aliphatic carbocycles. The molecule has 1 radical (unpaired) electrons. The third-order valence-corrected chi connectivity index (χ3v) is 3.31. The number of hydrogen-bond donors (Lipinski definition) is 0. The van der Waals surface area contributed by atoms with Gasteiger partial charge in [0, 0.05) is 6.61 Å². The van der Waals surface area contributed by atoms with Crippen molar-refractivity contribution in [3.63, 3.8) is 0 Å². The fourth-order valence-electron chi connectivity index (χ4n) is 2.37. The standard InChI is InChI=1S/C15H19O.2ClH.Ti/c1-3-16-15(11-7-6-8-13(15)2)12-14-9-4-5-10-14;;;/h4,6-9H,3,5,11-12H2,1-2H3;2*1H;/q-1;;;+3/p-2. The largest absolute Gasteiger partial charge is 3.00 e. The molecule has 4 heteroatoms. The van der Waals surface area contributed by atoms with Crippen molar-refractivity contribution in [2.24, 2.45) is 0 Å². The molecule has 0 saturated heterocycles. The van der Waals surface area contributed by atoms with Crippen LogP contribution in [0.3, 0.4) is 0 Å². The van der Waals surface area contributed by atoms with Crippen molar-refractivity contribution in [3.05, 3.63) is 47.6 Å². The first kappa shape index (κ1) is 21.5. The van der Waals surface area contributed by atoms with Crippen molar-refractivity contribution in [3.8, 4) is 0 Å². The van der Waals surface area contributed by atoms with Gasteiger partial charge >= 0.3 is 21.7 Å². The van der Waals surface area contributed by atoms with Crippen LogP contribution in [0.5, 0.6) is 0 Å². The van der Waals surface area contributed by atoms with Gasteiger partial charge in [0.1, 0.15) is 0 Å². The monoisotopic (exact) mass is 333 g/mol. The number of allylic oxidation sites excluding steroid dienone is 5. The molecule has 0 bridgehead atoms. The molecule has 0 heterocycles. The Kier molecular flexibility index (Phi) is 11.3. The molecular formula is C15H19Cl2OTi. The van der Waals surface area contributed by atoms with Crippen LogP contribution in [0.4, 0.5) is 0 Å². The van der Waals surface area contributed by atoms with Crippen LogP contribution < -0.4 is 24.8 Å². The molecular weight excluding hydrogens is 315 g/mol. The van der Waals surface area contributed by atoms with E-state index in [1.807, 2.05) is 0 Å². The molecule has 1 nitrogen and oxygen atoms in total. The average Bonchev–Trinajstić information content (AvgIpc) is 2.75. The van der Waals surface area contributed by atoms with Gasteiger partial charge in [0.25, 0.3) is 0 Å². The molecule has 1 atom stereocenters. The average molecular weight is 334 g/mol. The number of ether oxygens (including phenoxy) is 1. The molecule has 19 heavy (non-hydrogen) atoms. The maximum atomic E-state index is 6.03. The molecule has 0 spiro atoms. The summed E-state index contributed by atoms with van der Waals surface area (Å²) in [7, 11) is 0. The van der Waals surface area contributed by atoms with E-state index in [0.717, 1.165) is 25.9 Å². The molecule has 0 aromatic heterocycles. The molecule has 0 amide bonds. The van der Waals surface area contributed by atoms with Gasteiger partial charge in [0.05, 0.1) is 5.60 Å². The molecule has 0 N–H and O–H groups in total. The Morgan fingerprint density at radius 3 is 2.58 bits per heavy atom. The molecule has 1 unspecified atom stereocenters. The smallest absolute Gasteiger partial charge is 1.00 e. The summed E-state index contributed by atoms with van der Waals surface area (Å²) in [6, 6.07) is 0. The van der Waals surface area contributed by atoms with Gasteiger partial charge in [-0.2, -0.15) is 6.08 Å². The molecule has 0 saturated carbocycles. The van der Waals surface area contributed by atoms with Gasteiger partial charge in [0.15, 0.2) is 0 Å². The van der Waals surface area contributed by atoms with Crippen molar-refractivity contribution in [2.75, 3.05) is 6.61 Å². The topological polar surface area (TPSA) is 9.23 Å². The summed E-state index contributed by atoms with van der Waals surface area (Å²) >= 11 is 0. The fourth-order valence-corrected chi connectivity index (χ4v) is 2.37. The minimum absolute atomic E-state index is 0. The van der Waals surface area contributed by atoms with E-state index in [-0.39, 0.29) is 52.1 Å². The number of hydrogen-bond acceptors (Lipinski definition) is 1. The third-order valence-electron chi connectivity index (χ3n) is 3.31. The van der Waals surface area contributed by atoms with Crippen molar-refractivity contribution in [1.29, 1.82) is 0 Å². The van der Waals surface area contributed by atoms with Crippen molar-refractivity contribution < 1.29 is 51.3 Å². The Morgan fingerprint density at radius 1 is 1.32 bits per heavy atom. The van der Waals surface area contributed by atoms with Crippen LogP contribution in [0.1, 0.15) is 33.1 Å². The summed E-state index contributed by atoms with van der Waals surface area (Å²) in [5, 5.41) is 0. The van der Waals surface area contributed by atoms with E-state index in [1.54, 1.807) is 0 Å². The Balaban J connectivity index is 0. The zero-order chi connectivity index (χ0) is 11.4. The van der Waals surface area contributed by atoms with Gasteiger partial charge < -0.3 is 29.6 Å². The number of halogens is 2. The summed E-state index contributed by atoms with van der Waals surface area (Å²) in [6.07, 6.45) is 17.1. The second-order valence-electron chi connectivity index (χ2n) is 4.39. The first-order valence-corrected chi connectivity index (χ1v) is 6.01. The third kappa shape index (κ3) is 5.25. The second-order valence-corrected chi connectivity index (χ2v) is 4.39. The van der Waals surface area contributed by atoms with Crippen molar-refractivity contribution in [2.45, 2.75) is 38.7 Å². The van der Waals surface area contributed by atoms with Crippen LogP contribution in [0.2, 0.25) is 0 Å². The van der Waals surface area contributed by atoms with Crippen LogP contribution in [-0.2, 0) is 26.5 Å². The van der Waals surface area contributed by atoms with Crippen LogP contribution >= 0.6 is 0 Å². The molecule has 0 aliphatic heterocycles. The predicted molar refractivity (Wildman–Crippen MR) is 67.0 cm³/mol. The van der Waals surface area contributed by atoms with E-state index in [4.69, 9.17) is 4.74 Å². The van der Waals surface area contributed by atoms with Gasteiger partial charge in [-0.1, -0.05) is 18.2 Å². The van der Waals surface area contributed by atoms with E-state index in [9.17, 15) is 0 Å².